The lowest BCUT2D eigenvalue weighted by Gasteiger charge is -2.28. The third-order valence-corrected chi connectivity index (χ3v) is 9.42. The molecule has 3 heteroatoms. The molecule has 0 spiro atoms. The predicted molar refractivity (Wildman–Crippen MR) is 173 cm³/mol. The molecule has 6 aromatic rings. The first-order valence-electron chi connectivity index (χ1n) is 14.6. The molecule has 42 heavy (non-hydrogen) atoms. The molecule has 2 aliphatic rings. The topological polar surface area (TPSA) is 38.7 Å². The van der Waals surface area contributed by atoms with E-state index >= 15 is 0 Å². The maximum Gasteiger partial charge on any atom is 0.0885 e. The largest absolute Gasteiger partial charge is 0.261 e. The minimum atomic E-state index is -0.0990. The van der Waals surface area contributed by atoms with E-state index in [0.29, 0.717) is 0 Å². The van der Waals surface area contributed by atoms with Gasteiger partial charge in [-0.2, -0.15) is 0 Å². The Morgan fingerprint density at radius 3 is 1.67 bits per heavy atom. The monoisotopic (exact) mass is 541 g/mol. The molecule has 0 unspecified atom stereocenters. The van der Waals surface area contributed by atoms with Crippen LogP contribution >= 0.6 is 0 Å². The number of rotatable bonds is 3. The molecule has 0 bridgehead atoms. The maximum absolute atomic E-state index is 4.62. The number of allylic oxidation sites excluding steroid dienone is 2. The molecule has 0 fully saturated rings. The molecule has 8 rings (SSSR count). The second kappa shape index (κ2) is 8.80. The van der Waals surface area contributed by atoms with Crippen molar-refractivity contribution in [2.75, 3.05) is 0 Å². The van der Waals surface area contributed by atoms with Crippen molar-refractivity contribution < 1.29 is 0 Å². The van der Waals surface area contributed by atoms with Crippen molar-refractivity contribution in [3.8, 4) is 33.6 Å². The van der Waals surface area contributed by atoms with Crippen LogP contribution in [0.4, 0.5) is 0 Å². The lowest BCUT2D eigenvalue weighted by atomic mass is 9.75. The Hall–Kier alpha value is -4.89. The van der Waals surface area contributed by atoms with Gasteiger partial charge in [0, 0.05) is 40.5 Å². The van der Waals surface area contributed by atoms with E-state index in [4.69, 9.17) is 0 Å². The van der Waals surface area contributed by atoms with Gasteiger partial charge >= 0.3 is 0 Å². The molecule has 202 valence electrons. The van der Waals surface area contributed by atoms with Gasteiger partial charge in [0.05, 0.1) is 17.6 Å². The Labute approximate surface area is 246 Å². The third kappa shape index (κ3) is 3.56. The molecule has 0 saturated carbocycles. The Bertz CT molecular complexity index is 2070. The Kier molecular flexibility index (Phi) is 5.21. The van der Waals surface area contributed by atoms with Crippen LogP contribution in [0.5, 0.6) is 0 Å². The van der Waals surface area contributed by atoms with E-state index in [9.17, 15) is 0 Å². The normalized spacial score (nSPS) is 15.9. The number of hydrogen-bond acceptors (Lipinski definition) is 3. The Balaban J connectivity index is 1.18. The quantitative estimate of drug-likeness (QED) is 0.224. The van der Waals surface area contributed by atoms with Crippen molar-refractivity contribution in [1.29, 1.82) is 0 Å². The van der Waals surface area contributed by atoms with Gasteiger partial charge in [0.2, 0.25) is 0 Å². The van der Waals surface area contributed by atoms with Gasteiger partial charge in [0.25, 0.3) is 0 Å². The van der Waals surface area contributed by atoms with Crippen LogP contribution in [0.15, 0.2) is 116 Å². The van der Waals surface area contributed by atoms with Crippen molar-refractivity contribution in [2.45, 2.75) is 38.5 Å². The number of benzene rings is 4. The summed E-state index contributed by atoms with van der Waals surface area (Å²) in [5, 5.41) is 2.42. The second-order valence-corrected chi connectivity index (χ2v) is 12.6. The number of fused-ring (bicyclic) bond motifs is 5. The summed E-state index contributed by atoms with van der Waals surface area (Å²) < 4.78 is 0. The first-order chi connectivity index (χ1) is 20.3. The number of nitrogens with zero attached hydrogens (tertiary/aromatic N) is 3. The van der Waals surface area contributed by atoms with Gasteiger partial charge in [-0.25, -0.2) is 0 Å². The van der Waals surface area contributed by atoms with Gasteiger partial charge < -0.3 is 0 Å². The van der Waals surface area contributed by atoms with Gasteiger partial charge in [0.1, 0.15) is 0 Å². The minimum Gasteiger partial charge on any atom is -0.261 e. The van der Waals surface area contributed by atoms with Crippen molar-refractivity contribution in [3.63, 3.8) is 0 Å². The van der Waals surface area contributed by atoms with Crippen molar-refractivity contribution in [3.05, 3.63) is 138 Å². The smallest absolute Gasteiger partial charge is 0.0885 e. The summed E-state index contributed by atoms with van der Waals surface area (Å²) in [7, 11) is 0. The van der Waals surface area contributed by atoms with Gasteiger partial charge in [0.15, 0.2) is 0 Å². The highest BCUT2D eigenvalue weighted by atomic mass is 14.8. The summed E-state index contributed by atoms with van der Waals surface area (Å²) in [6.45, 7) is 9.55. The molecule has 0 atom stereocenters. The lowest BCUT2D eigenvalue weighted by Crippen LogP contribution is -2.19. The van der Waals surface area contributed by atoms with E-state index in [1.807, 2.05) is 18.5 Å². The standard InChI is InChI=1S/C39H31N3/c1-38(2)32-21-27(25-8-9-26-20-28(11-10-24(26)19-25)35-23-40-17-18-42-35)12-14-30(32)36-37(38)31-15-13-29(22-33(31)39(36,3)4)34-7-5-6-16-41-34/h5-23H,1-4H3. The molecule has 0 radical (unpaired) electrons. The summed E-state index contributed by atoms with van der Waals surface area (Å²) in [4.78, 5) is 13.3. The van der Waals surface area contributed by atoms with E-state index in [-0.39, 0.29) is 10.8 Å². The SMILES string of the molecule is CC1(C)C2=C(c3ccc(-c4ccc5cc(-c6cnccn6)ccc5c4)cc31)C(C)(C)c1cc(-c3ccccn3)ccc12. The Morgan fingerprint density at radius 2 is 1.02 bits per heavy atom. The molecular weight excluding hydrogens is 510 g/mol. The maximum atomic E-state index is 4.62. The van der Waals surface area contributed by atoms with Crippen LogP contribution in [-0.4, -0.2) is 15.0 Å². The van der Waals surface area contributed by atoms with Gasteiger partial charge in [-0.05, 0) is 91.7 Å². The zero-order valence-electron chi connectivity index (χ0n) is 24.3. The van der Waals surface area contributed by atoms with Crippen molar-refractivity contribution in [2.24, 2.45) is 0 Å². The van der Waals surface area contributed by atoms with E-state index in [1.165, 1.54) is 60.9 Å². The average Bonchev–Trinajstić information content (AvgIpc) is 3.42. The van der Waals surface area contributed by atoms with E-state index < -0.39 is 0 Å². The first kappa shape index (κ1) is 24.9. The number of hydrogen-bond donors (Lipinski definition) is 0. The zero-order valence-corrected chi connectivity index (χ0v) is 24.3. The highest BCUT2D eigenvalue weighted by molar-refractivity contribution is 6.10. The van der Waals surface area contributed by atoms with Crippen molar-refractivity contribution in [1.82, 2.24) is 15.0 Å². The molecule has 0 N–H and O–H groups in total. The molecule has 0 aliphatic heterocycles. The van der Waals surface area contributed by atoms with E-state index in [0.717, 1.165) is 17.0 Å². The van der Waals surface area contributed by atoms with Crippen LogP contribution in [0, 0.1) is 0 Å². The molecule has 3 nitrogen and oxygen atoms in total. The number of aromatic nitrogens is 3. The summed E-state index contributed by atoms with van der Waals surface area (Å²) in [6.07, 6.45) is 7.13. The first-order valence-corrected chi connectivity index (χ1v) is 14.6. The van der Waals surface area contributed by atoms with Gasteiger partial charge in [-0.3, -0.25) is 15.0 Å². The fourth-order valence-electron chi connectivity index (χ4n) is 7.30. The lowest BCUT2D eigenvalue weighted by molar-refractivity contribution is 0.694. The summed E-state index contributed by atoms with van der Waals surface area (Å²) in [5.41, 5.74) is 15.0. The highest BCUT2D eigenvalue weighted by Crippen LogP contribution is 2.63. The number of pyridine rings is 1. The summed E-state index contributed by atoms with van der Waals surface area (Å²) in [6, 6.07) is 33.4. The molecule has 2 heterocycles. The minimum absolute atomic E-state index is 0.0940. The molecule has 0 amide bonds. The average molecular weight is 542 g/mol. The van der Waals surface area contributed by atoms with Gasteiger partial charge in [-0.1, -0.05) is 82.3 Å². The summed E-state index contributed by atoms with van der Waals surface area (Å²) in [5.74, 6) is 0. The molecule has 2 aliphatic carbocycles. The molecular formula is C39H31N3. The van der Waals surface area contributed by atoms with Crippen LogP contribution in [0.1, 0.15) is 49.9 Å². The molecule has 4 aromatic carbocycles. The van der Waals surface area contributed by atoms with Gasteiger partial charge in [-0.15, -0.1) is 0 Å². The van der Waals surface area contributed by atoms with E-state index in [1.54, 1.807) is 12.4 Å². The molecule has 2 aromatic heterocycles. The van der Waals surface area contributed by atoms with Crippen LogP contribution in [0.3, 0.4) is 0 Å². The summed E-state index contributed by atoms with van der Waals surface area (Å²) >= 11 is 0. The Morgan fingerprint density at radius 1 is 0.476 bits per heavy atom. The highest BCUT2D eigenvalue weighted by Gasteiger charge is 2.49. The molecule has 0 saturated heterocycles. The predicted octanol–water partition coefficient (Wildman–Crippen LogP) is 9.52. The van der Waals surface area contributed by atoms with Crippen LogP contribution in [-0.2, 0) is 10.8 Å². The van der Waals surface area contributed by atoms with Crippen LogP contribution < -0.4 is 0 Å². The fraction of sp³-hybridized carbons (Fsp3) is 0.154. The zero-order chi connectivity index (χ0) is 28.6. The second-order valence-electron chi connectivity index (χ2n) is 12.6. The fourth-order valence-corrected chi connectivity index (χ4v) is 7.30. The van der Waals surface area contributed by atoms with Crippen LogP contribution in [0.25, 0.3) is 55.6 Å². The van der Waals surface area contributed by atoms with Crippen molar-refractivity contribution >= 4 is 21.9 Å². The van der Waals surface area contributed by atoms with E-state index in [2.05, 4.69) is 128 Å². The third-order valence-electron chi connectivity index (χ3n) is 9.42. The van der Waals surface area contributed by atoms with Crippen LogP contribution in [0.2, 0.25) is 0 Å².